The zero-order valence-corrected chi connectivity index (χ0v) is 12.1. The molecule has 3 N–H and O–H groups in total. The van der Waals surface area contributed by atoms with Gasteiger partial charge >= 0.3 is 0 Å². The molecule has 20 heavy (non-hydrogen) atoms. The Kier molecular flexibility index (Phi) is 5.56. The molecule has 1 amide bonds. The molecule has 1 aromatic carbocycles. The van der Waals surface area contributed by atoms with Crippen molar-refractivity contribution < 1.29 is 9.53 Å². The molecular formula is C16H24N2O2. The van der Waals surface area contributed by atoms with Crippen LogP contribution in [-0.4, -0.2) is 25.2 Å². The third-order valence-electron chi connectivity index (χ3n) is 4.03. The first-order chi connectivity index (χ1) is 9.72. The first-order valence-corrected chi connectivity index (χ1v) is 7.40. The van der Waals surface area contributed by atoms with Crippen molar-refractivity contribution in [3.05, 3.63) is 35.4 Å². The van der Waals surface area contributed by atoms with Crippen LogP contribution in [0.3, 0.4) is 0 Å². The number of nitrogens with two attached hydrogens (primary N) is 1. The third kappa shape index (κ3) is 3.81. The Labute approximate surface area is 120 Å². The SMILES string of the molecule is CCc1ccccc1CNC(=O)C(N)C1CCOCC1. The summed E-state index contributed by atoms with van der Waals surface area (Å²) in [7, 11) is 0. The van der Waals surface area contributed by atoms with E-state index < -0.39 is 6.04 Å². The first kappa shape index (κ1) is 15.0. The lowest BCUT2D eigenvalue weighted by Gasteiger charge is -2.26. The number of ether oxygens (including phenoxy) is 1. The molecule has 4 nitrogen and oxygen atoms in total. The Balaban J connectivity index is 1.87. The highest BCUT2D eigenvalue weighted by Crippen LogP contribution is 2.18. The smallest absolute Gasteiger partial charge is 0.237 e. The molecule has 0 aliphatic carbocycles. The van der Waals surface area contributed by atoms with E-state index in [0.717, 1.165) is 19.3 Å². The van der Waals surface area contributed by atoms with Gasteiger partial charge in [-0.25, -0.2) is 0 Å². The van der Waals surface area contributed by atoms with E-state index in [9.17, 15) is 4.79 Å². The molecule has 1 aliphatic heterocycles. The van der Waals surface area contributed by atoms with Gasteiger partial charge in [-0.15, -0.1) is 0 Å². The molecule has 0 radical (unpaired) electrons. The number of carbonyl (C=O) groups is 1. The summed E-state index contributed by atoms with van der Waals surface area (Å²) in [5.41, 5.74) is 8.50. The summed E-state index contributed by atoms with van der Waals surface area (Å²) in [5, 5.41) is 2.97. The van der Waals surface area contributed by atoms with E-state index in [4.69, 9.17) is 10.5 Å². The van der Waals surface area contributed by atoms with Gasteiger partial charge in [0.25, 0.3) is 0 Å². The highest BCUT2D eigenvalue weighted by atomic mass is 16.5. The van der Waals surface area contributed by atoms with Crippen molar-refractivity contribution in [2.75, 3.05) is 13.2 Å². The van der Waals surface area contributed by atoms with Crippen LogP contribution < -0.4 is 11.1 Å². The zero-order chi connectivity index (χ0) is 14.4. The largest absolute Gasteiger partial charge is 0.381 e. The van der Waals surface area contributed by atoms with Gasteiger partial charge in [0.15, 0.2) is 0 Å². The quantitative estimate of drug-likeness (QED) is 0.859. The lowest BCUT2D eigenvalue weighted by Crippen LogP contribution is -2.46. The summed E-state index contributed by atoms with van der Waals surface area (Å²) in [6.07, 6.45) is 2.72. The number of aryl methyl sites for hydroxylation is 1. The van der Waals surface area contributed by atoms with Crippen LogP contribution >= 0.6 is 0 Å². The average Bonchev–Trinajstić information content (AvgIpc) is 2.53. The molecule has 1 saturated heterocycles. The van der Waals surface area contributed by atoms with Crippen molar-refractivity contribution in [3.63, 3.8) is 0 Å². The van der Waals surface area contributed by atoms with Crippen LogP contribution in [-0.2, 0) is 22.5 Å². The van der Waals surface area contributed by atoms with Gasteiger partial charge in [-0.3, -0.25) is 4.79 Å². The number of benzene rings is 1. The molecule has 110 valence electrons. The monoisotopic (exact) mass is 276 g/mol. The van der Waals surface area contributed by atoms with E-state index in [2.05, 4.69) is 24.4 Å². The molecule has 4 heteroatoms. The Hall–Kier alpha value is -1.39. The molecule has 1 atom stereocenters. The first-order valence-electron chi connectivity index (χ1n) is 7.40. The maximum absolute atomic E-state index is 12.1. The fourth-order valence-corrected chi connectivity index (χ4v) is 2.66. The fraction of sp³-hybridized carbons (Fsp3) is 0.562. The molecule has 2 rings (SSSR count). The molecule has 1 unspecified atom stereocenters. The van der Waals surface area contributed by atoms with Crippen molar-refractivity contribution in [2.24, 2.45) is 11.7 Å². The highest BCUT2D eigenvalue weighted by Gasteiger charge is 2.26. The molecule has 0 spiro atoms. The van der Waals surface area contributed by atoms with Crippen LogP contribution in [0.15, 0.2) is 24.3 Å². The van der Waals surface area contributed by atoms with Crippen LogP contribution in [0.2, 0.25) is 0 Å². The van der Waals surface area contributed by atoms with Crippen molar-refractivity contribution in [3.8, 4) is 0 Å². The second-order valence-corrected chi connectivity index (χ2v) is 5.32. The number of carbonyl (C=O) groups excluding carboxylic acids is 1. The van der Waals surface area contributed by atoms with Gasteiger partial charge in [0, 0.05) is 19.8 Å². The molecule has 1 heterocycles. The average molecular weight is 276 g/mol. The molecule has 1 aromatic rings. The van der Waals surface area contributed by atoms with Crippen molar-refractivity contribution in [1.29, 1.82) is 0 Å². The van der Waals surface area contributed by atoms with Crippen LogP contribution in [0.5, 0.6) is 0 Å². The topological polar surface area (TPSA) is 64.4 Å². The molecule has 1 fully saturated rings. The third-order valence-corrected chi connectivity index (χ3v) is 4.03. The van der Waals surface area contributed by atoms with Crippen molar-refractivity contribution in [1.82, 2.24) is 5.32 Å². The second-order valence-electron chi connectivity index (χ2n) is 5.32. The number of amides is 1. The normalized spacial score (nSPS) is 17.7. The molecule has 0 saturated carbocycles. The predicted octanol–water partition coefficient (Wildman–Crippen LogP) is 1.62. The number of hydrogen-bond donors (Lipinski definition) is 2. The summed E-state index contributed by atoms with van der Waals surface area (Å²) in [5.74, 6) is 0.188. The van der Waals surface area contributed by atoms with E-state index >= 15 is 0 Å². The zero-order valence-electron chi connectivity index (χ0n) is 12.1. The maximum Gasteiger partial charge on any atom is 0.237 e. The predicted molar refractivity (Wildman–Crippen MR) is 79.2 cm³/mol. The lowest BCUT2D eigenvalue weighted by atomic mass is 9.92. The minimum absolute atomic E-state index is 0.0530. The van der Waals surface area contributed by atoms with E-state index in [0.29, 0.717) is 19.8 Å². The summed E-state index contributed by atoms with van der Waals surface area (Å²) in [4.78, 5) is 12.1. The van der Waals surface area contributed by atoms with E-state index in [-0.39, 0.29) is 11.8 Å². The Morgan fingerprint density at radius 3 is 2.65 bits per heavy atom. The summed E-state index contributed by atoms with van der Waals surface area (Å²) in [6, 6.07) is 7.75. The molecule has 1 aliphatic rings. The Morgan fingerprint density at radius 2 is 2.00 bits per heavy atom. The van der Waals surface area contributed by atoms with E-state index in [1.807, 2.05) is 12.1 Å². The number of hydrogen-bond acceptors (Lipinski definition) is 3. The lowest BCUT2D eigenvalue weighted by molar-refractivity contribution is -0.124. The van der Waals surface area contributed by atoms with E-state index in [1.165, 1.54) is 11.1 Å². The van der Waals surface area contributed by atoms with E-state index in [1.54, 1.807) is 0 Å². The number of nitrogens with one attached hydrogen (secondary N) is 1. The molecule has 0 bridgehead atoms. The van der Waals surface area contributed by atoms with Gasteiger partial charge in [-0.1, -0.05) is 31.2 Å². The minimum Gasteiger partial charge on any atom is -0.381 e. The molecular weight excluding hydrogens is 252 g/mol. The van der Waals surface area contributed by atoms with Gasteiger partial charge < -0.3 is 15.8 Å². The van der Waals surface area contributed by atoms with Crippen molar-refractivity contribution in [2.45, 2.75) is 38.8 Å². The Bertz CT molecular complexity index is 442. The van der Waals surface area contributed by atoms with Crippen molar-refractivity contribution >= 4 is 5.91 Å². The van der Waals surface area contributed by atoms with Gasteiger partial charge in [0.1, 0.15) is 0 Å². The highest BCUT2D eigenvalue weighted by molar-refractivity contribution is 5.81. The van der Waals surface area contributed by atoms with Gasteiger partial charge in [-0.2, -0.15) is 0 Å². The van der Waals surface area contributed by atoms with Crippen LogP contribution in [0.25, 0.3) is 0 Å². The minimum atomic E-state index is -0.423. The fourth-order valence-electron chi connectivity index (χ4n) is 2.66. The number of rotatable bonds is 5. The summed E-state index contributed by atoms with van der Waals surface area (Å²) < 4.78 is 5.30. The Morgan fingerprint density at radius 1 is 1.35 bits per heavy atom. The van der Waals surface area contributed by atoms with Gasteiger partial charge in [0.2, 0.25) is 5.91 Å². The standard InChI is InChI=1S/C16H24N2O2/c1-2-12-5-3-4-6-14(12)11-18-16(19)15(17)13-7-9-20-10-8-13/h3-6,13,15H,2,7-11,17H2,1H3,(H,18,19). The van der Waals surface area contributed by atoms with Gasteiger partial charge in [0.05, 0.1) is 6.04 Å². The molecule has 0 aromatic heterocycles. The summed E-state index contributed by atoms with van der Waals surface area (Å²) in [6.45, 7) is 4.10. The summed E-state index contributed by atoms with van der Waals surface area (Å²) >= 11 is 0. The van der Waals surface area contributed by atoms with Crippen LogP contribution in [0.4, 0.5) is 0 Å². The van der Waals surface area contributed by atoms with Crippen LogP contribution in [0, 0.1) is 5.92 Å². The van der Waals surface area contributed by atoms with Gasteiger partial charge in [-0.05, 0) is 36.3 Å². The van der Waals surface area contributed by atoms with Crippen LogP contribution in [0.1, 0.15) is 30.9 Å². The maximum atomic E-state index is 12.1. The second kappa shape index (κ2) is 7.41.